The van der Waals surface area contributed by atoms with Crippen molar-refractivity contribution in [1.29, 1.82) is 0 Å². The quantitative estimate of drug-likeness (QED) is 0.0112. The van der Waals surface area contributed by atoms with Crippen molar-refractivity contribution in [3.05, 3.63) is 107 Å². The predicted molar refractivity (Wildman–Crippen MR) is 318 cm³/mol. The molecule has 1 aromatic heterocycles. The molecule has 6 rings (SSSR count). The monoisotopic (exact) mass is 1200 g/mol. The summed E-state index contributed by atoms with van der Waals surface area (Å²) in [5, 5.41) is 17.5. The summed E-state index contributed by atoms with van der Waals surface area (Å²) in [6, 6.07) is 22.8. The van der Waals surface area contributed by atoms with Gasteiger partial charge in [-0.15, -0.1) is 5.10 Å². The Morgan fingerprint density at radius 1 is 0.812 bits per heavy atom. The van der Waals surface area contributed by atoms with Crippen LogP contribution in [0.1, 0.15) is 129 Å². The van der Waals surface area contributed by atoms with E-state index in [0.717, 1.165) is 29.5 Å². The number of quaternary nitrogens is 1. The Hall–Kier alpha value is -6.72. The van der Waals surface area contributed by atoms with Crippen LogP contribution in [0.15, 0.2) is 85.1 Å². The third-order valence-electron chi connectivity index (χ3n) is 14.7. The average molecular weight is 1200 g/mol. The van der Waals surface area contributed by atoms with E-state index in [2.05, 4.69) is 26.3 Å². The number of carbonyl (C=O) groups is 7. The zero-order chi connectivity index (χ0) is 62.2. The summed E-state index contributed by atoms with van der Waals surface area (Å²) >= 11 is 0. The lowest BCUT2D eigenvalue weighted by atomic mass is 9.87. The molecule has 3 N–H and O–H groups in total. The predicted octanol–water partition coefficient (Wildman–Crippen LogP) is 6.43. The number of hydrogen-bond acceptors (Lipinski definition) is 16. The van der Waals surface area contributed by atoms with Crippen molar-refractivity contribution in [1.82, 2.24) is 30.9 Å². The second kappa shape index (κ2) is 33.8. The van der Waals surface area contributed by atoms with Crippen molar-refractivity contribution >= 4 is 51.2 Å². The summed E-state index contributed by atoms with van der Waals surface area (Å²) in [4.78, 5) is 96.3. The molecule has 0 bridgehead atoms. The first-order chi connectivity index (χ1) is 40.3. The number of aryl methyl sites for hydroxylation is 2. The first-order valence-corrected chi connectivity index (χ1v) is 31.5. The Labute approximate surface area is 501 Å². The molecule has 4 aromatic rings. The third-order valence-corrected chi connectivity index (χ3v) is 14.7. The number of aromatic nitrogens is 3. The van der Waals surface area contributed by atoms with E-state index >= 15 is 0 Å². The van der Waals surface area contributed by atoms with Crippen molar-refractivity contribution in [3.63, 3.8) is 0 Å². The highest BCUT2D eigenvalue weighted by molar-refractivity contribution is 7.84. The van der Waals surface area contributed by atoms with Gasteiger partial charge in [-0.1, -0.05) is 100 Å². The second-order valence-corrected chi connectivity index (χ2v) is 25.1. The molecule has 85 heavy (non-hydrogen) atoms. The minimum Gasteiger partial charge on any atom is -0.748 e. The molecule has 3 heterocycles. The molecule has 0 spiro atoms. The Morgan fingerprint density at radius 2 is 1.42 bits per heavy atom. The number of carbonyl (C=O) groups excluding carboxylic acids is 7. The zero-order valence-electron chi connectivity index (χ0n) is 50.8. The van der Waals surface area contributed by atoms with Crippen LogP contribution in [-0.4, -0.2) is 143 Å². The Morgan fingerprint density at radius 3 is 2.04 bits per heavy atom. The summed E-state index contributed by atoms with van der Waals surface area (Å²) in [6.07, 6.45) is 6.79. The van der Waals surface area contributed by atoms with E-state index in [1.54, 1.807) is 23.9 Å². The Bertz CT molecular complexity index is 2920. The molecule has 2 saturated heterocycles. The van der Waals surface area contributed by atoms with Gasteiger partial charge < -0.3 is 43.9 Å². The number of ketones is 3. The molecule has 0 saturated carbocycles. The minimum atomic E-state index is -3.92. The number of benzene rings is 3. The van der Waals surface area contributed by atoms with Gasteiger partial charge in [-0.05, 0) is 99.5 Å². The average Bonchev–Trinajstić information content (AvgIpc) is 2.61. The van der Waals surface area contributed by atoms with Crippen LogP contribution in [0, 0.1) is 23.7 Å². The number of morpholine rings is 1. The lowest BCUT2D eigenvalue weighted by Crippen LogP contribution is -2.57. The van der Waals surface area contributed by atoms with Crippen molar-refractivity contribution in [3.8, 4) is 11.5 Å². The molecular formula is C63H89N7O14S. The van der Waals surface area contributed by atoms with E-state index in [1.807, 2.05) is 107 Å². The van der Waals surface area contributed by atoms with Gasteiger partial charge in [0.05, 0.1) is 48.2 Å². The van der Waals surface area contributed by atoms with E-state index < -0.39 is 57.4 Å². The van der Waals surface area contributed by atoms with E-state index in [0.29, 0.717) is 107 Å². The normalized spacial score (nSPS) is 16.8. The molecule has 466 valence electrons. The number of esters is 1. The summed E-state index contributed by atoms with van der Waals surface area (Å²) in [5.41, 5.74) is 2.31. The maximum absolute atomic E-state index is 14.8. The molecular weight excluding hydrogens is 1110 g/mol. The van der Waals surface area contributed by atoms with E-state index in [-0.39, 0.29) is 79.9 Å². The van der Waals surface area contributed by atoms with Crippen LogP contribution in [0.5, 0.6) is 11.5 Å². The first-order valence-electron chi connectivity index (χ1n) is 29.7. The molecule has 0 aliphatic carbocycles. The molecule has 21 nitrogen and oxygen atoms in total. The molecule has 22 heteroatoms. The van der Waals surface area contributed by atoms with Gasteiger partial charge in [-0.2, -0.15) is 0 Å². The second-order valence-electron chi connectivity index (χ2n) is 23.7. The highest BCUT2D eigenvalue weighted by atomic mass is 32.2. The molecule has 3 aromatic carbocycles. The largest absolute Gasteiger partial charge is 0.748 e. The number of nitrogens with one attached hydrogen (secondary N) is 3. The fraction of sp³-hybridized carbons (Fsp3) is 0.571. The highest BCUT2D eigenvalue weighted by Crippen LogP contribution is 2.33. The standard InChI is InChI=1S/C62H85N7O11.CH4O3S/c1-8-26-63-58(73)21-15-16-27-68-38-51(66-67-68)41-78-57-35-48(23-25-56(57)80-45(6)70)39-69(28-30-77-31-29-69)40-52(71)36-49(24-22-46-17-11-9-12-18-46)60(75)64-53(32-43(2)3)55(72)37-50(34-47-19-13-10-14-20-47)61(76)65-54(33-44(4)5)59(74)62(7)42-79-62;1-5(2,3)4/h9-14,17-20,23,25,35,38,43-44,49-50,53-54H,8,15-16,21-22,24,26-34,36-37,39-42H2,1-7H3,(H2-,63,64,65,73,75,76);1H3,(H,2,3,4)/t49-,50-,53+,54+,62-;/m1./s1. The fourth-order valence-corrected chi connectivity index (χ4v) is 10.3. The number of rotatable bonds is 35. The smallest absolute Gasteiger partial charge is 0.308 e. The molecule has 2 fully saturated rings. The minimum absolute atomic E-state index is 0.00422. The van der Waals surface area contributed by atoms with Crippen molar-refractivity contribution in [2.24, 2.45) is 23.7 Å². The van der Waals surface area contributed by atoms with Crippen LogP contribution >= 0.6 is 0 Å². The Balaban J connectivity index is 0.00000253. The van der Waals surface area contributed by atoms with Crippen LogP contribution in [0.4, 0.5) is 0 Å². The number of epoxide rings is 1. The maximum Gasteiger partial charge on any atom is 0.308 e. The number of ether oxygens (including phenoxy) is 4. The fourth-order valence-electron chi connectivity index (χ4n) is 10.3. The van der Waals surface area contributed by atoms with Crippen LogP contribution in [0.2, 0.25) is 0 Å². The van der Waals surface area contributed by atoms with Gasteiger partial charge in [0.1, 0.15) is 44.1 Å². The van der Waals surface area contributed by atoms with E-state index in [1.165, 1.54) is 6.92 Å². The summed E-state index contributed by atoms with van der Waals surface area (Å²) < 4.78 is 52.4. The van der Waals surface area contributed by atoms with Crippen molar-refractivity contribution in [2.45, 2.75) is 156 Å². The SMILES string of the molecule is CCCNC(=O)CCCCn1cc(COc2cc(C[N+]3(CC(=O)C[C@@H](CCc4ccccc4)C(=O)N[C@@H](CC(C)C)C(=O)C[C@@H](Cc4ccccc4)C(=O)N[C@@H](CC(C)C)C(=O)[C@@]4(C)CO4)CCOCC3)ccc2OC(C)=O)nn1.CS(=O)(=O)[O-]. The molecule has 5 atom stereocenters. The van der Waals surface area contributed by atoms with Crippen molar-refractivity contribution < 1.29 is 70.0 Å². The van der Waals surface area contributed by atoms with Gasteiger partial charge in [0, 0.05) is 62.9 Å². The molecule has 3 amide bonds. The number of nitrogens with zero attached hydrogens (tertiary/aromatic N) is 4. The van der Waals surface area contributed by atoms with Gasteiger partial charge in [-0.25, -0.2) is 8.42 Å². The van der Waals surface area contributed by atoms with Crippen LogP contribution in [0.25, 0.3) is 0 Å². The Kier molecular flexibility index (Phi) is 27.5. The molecule has 0 radical (unpaired) electrons. The van der Waals surface area contributed by atoms with Gasteiger partial charge in [-0.3, -0.25) is 38.2 Å². The molecule has 2 aliphatic heterocycles. The lowest BCUT2D eigenvalue weighted by molar-refractivity contribution is -0.940. The maximum atomic E-state index is 14.8. The van der Waals surface area contributed by atoms with Crippen LogP contribution < -0.4 is 25.4 Å². The van der Waals surface area contributed by atoms with Gasteiger partial charge in [0.2, 0.25) is 17.7 Å². The first kappa shape index (κ1) is 69.1. The number of Topliss-reactive ketones (excluding diaryl/α,β-unsaturated/α-hetero) is 3. The van der Waals surface area contributed by atoms with Gasteiger partial charge in [0.15, 0.2) is 28.8 Å². The molecule has 0 unspecified atom stereocenters. The van der Waals surface area contributed by atoms with E-state index in [9.17, 15) is 33.6 Å². The van der Waals surface area contributed by atoms with Crippen LogP contribution in [0.3, 0.4) is 0 Å². The zero-order valence-corrected chi connectivity index (χ0v) is 51.6. The highest BCUT2D eigenvalue weighted by Gasteiger charge is 2.50. The molecule has 2 aliphatic rings. The lowest BCUT2D eigenvalue weighted by Gasteiger charge is -2.41. The van der Waals surface area contributed by atoms with Gasteiger partial charge in [0.25, 0.3) is 0 Å². The number of hydrogen-bond donors (Lipinski definition) is 3. The van der Waals surface area contributed by atoms with Gasteiger partial charge >= 0.3 is 5.97 Å². The number of amides is 3. The van der Waals surface area contributed by atoms with E-state index in [4.69, 9.17) is 31.9 Å². The third kappa shape index (κ3) is 25.4. The topological polar surface area (TPSA) is 284 Å². The summed E-state index contributed by atoms with van der Waals surface area (Å²) in [7, 11) is -3.92. The summed E-state index contributed by atoms with van der Waals surface area (Å²) in [6.45, 7) is 17.0. The van der Waals surface area contributed by atoms with Crippen LogP contribution in [-0.2, 0) is 85.7 Å². The van der Waals surface area contributed by atoms with Crippen molar-refractivity contribution in [2.75, 3.05) is 52.3 Å². The number of unbranched alkanes of at least 4 members (excludes halogenated alkanes) is 1. The summed E-state index contributed by atoms with van der Waals surface area (Å²) in [5.74, 6) is -2.86.